The van der Waals surface area contributed by atoms with Crippen molar-refractivity contribution in [1.29, 1.82) is 0 Å². The van der Waals surface area contributed by atoms with Crippen molar-refractivity contribution in [3.05, 3.63) is 51.7 Å². The van der Waals surface area contributed by atoms with E-state index in [1.165, 1.54) is 15.3 Å². The third-order valence-corrected chi connectivity index (χ3v) is 5.90. The van der Waals surface area contributed by atoms with E-state index in [0.29, 0.717) is 0 Å². The van der Waals surface area contributed by atoms with Crippen molar-refractivity contribution in [3.63, 3.8) is 0 Å². The Labute approximate surface area is 133 Å². The molecule has 110 valence electrons. The molecule has 1 aliphatic heterocycles. The van der Waals surface area contributed by atoms with Crippen LogP contribution in [0.15, 0.2) is 36.4 Å². The van der Waals surface area contributed by atoms with Crippen LogP contribution in [0.5, 0.6) is 0 Å². The first kappa shape index (κ1) is 14.5. The largest absolute Gasteiger partial charge is 0.323 e. The Kier molecular flexibility index (Phi) is 4.22. The molecule has 2 aromatic rings. The number of carbonyl (C=O) groups excluding carboxylic acids is 1. The quantitative estimate of drug-likeness (QED) is 0.874. The fraction of sp³-hybridized carbons (Fsp3) is 0.312. The van der Waals surface area contributed by atoms with Gasteiger partial charge in [-0.15, -0.1) is 23.1 Å². The highest BCUT2D eigenvalue weighted by Crippen LogP contribution is 2.41. The molecule has 0 radical (unpaired) electrons. The lowest BCUT2D eigenvalue weighted by molar-refractivity contribution is 0.215. The lowest BCUT2D eigenvalue weighted by atomic mass is 10.2. The molecule has 0 spiro atoms. The van der Waals surface area contributed by atoms with E-state index in [9.17, 15) is 4.79 Å². The summed E-state index contributed by atoms with van der Waals surface area (Å²) in [5, 5.41) is 3.14. The Balaban J connectivity index is 1.72. The predicted octanol–water partition coefficient (Wildman–Crippen LogP) is 4.64. The molecular weight excluding hydrogens is 300 g/mol. The zero-order chi connectivity index (χ0) is 14.8. The van der Waals surface area contributed by atoms with Gasteiger partial charge in [-0.05, 0) is 38.1 Å². The minimum atomic E-state index is -0.0140. The van der Waals surface area contributed by atoms with Gasteiger partial charge >= 0.3 is 6.03 Å². The average Bonchev–Trinajstić information content (AvgIpc) is 3.09. The maximum absolute atomic E-state index is 12.5. The van der Waals surface area contributed by atoms with Crippen LogP contribution >= 0.6 is 23.1 Å². The van der Waals surface area contributed by atoms with E-state index in [0.717, 1.165) is 18.0 Å². The topological polar surface area (TPSA) is 32.3 Å². The van der Waals surface area contributed by atoms with Crippen molar-refractivity contribution < 1.29 is 4.79 Å². The van der Waals surface area contributed by atoms with Gasteiger partial charge in [-0.1, -0.05) is 17.7 Å². The minimum Gasteiger partial charge on any atom is -0.308 e. The van der Waals surface area contributed by atoms with Crippen molar-refractivity contribution in [3.8, 4) is 0 Å². The molecule has 3 rings (SSSR count). The molecule has 0 aliphatic carbocycles. The van der Waals surface area contributed by atoms with Gasteiger partial charge in [-0.25, -0.2) is 4.79 Å². The third kappa shape index (κ3) is 3.24. The number of nitrogens with one attached hydrogen (secondary N) is 1. The zero-order valence-electron chi connectivity index (χ0n) is 12.1. The number of hydrogen-bond acceptors (Lipinski definition) is 3. The summed E-state index contributed by atoms with van der Waals surface area (Å²) in [6.07, 6.45) is 0. The molecule has 2 amide bonds. The summed E-state index contributed by atoms with van der Waals surface area (Å²) >= 11 is 3.61. The second kappa shape index (κ2) is 6.12. The fourth-order valence-electron chi connectivity index (χ4n) is 2.33. The Hall–Kier alpha value is -1.46. The maximum atomic E-state index is 12.5. The van der Waals surface area contributed by atoms with Crippen LogP contribution in [0.4, 0.5) is 10.5 Å². The summed E-state index contributed by atoms with van der Waals surface area (Å²) in [6.45, 7) is 4.94. The molecule has 0 saturated carbocycles. The number of rotatable bonds is 2. The Morgan fingerprint density at radius 1 is 1.19 bits per heavy atom. The van der Waals surface area contributed by atoms with E-state index in [2.05, 4.69) is 24.4 Å². The highest BCUT2D eigenvalue weighted by molar-refractivity contribution is 7.99. The molecule has 1 atom stereocenters. The highest BCUT2D eigenvalue weighted by Gasteiger charge is 2.31. The molecule has 1 aromatic carbocycles. The summed E-state index contributed by atoms with van der Waals surface area (Å²) in [6, 6.07) is 12.1. The molecule has 1 aromatic heterocycles. The van der Waals surface area contributed by atoms with Gasteiger partial charge in [0.1, 0.15) is 5.37 Å². The third-order valence-electron chi connectivity index (χ3n) is 3.46. The molecule has 1 saturated heterocycles. The standard InChI is InChI=1S/C16H18N2OS2/c1-11-3-6-13(7-4-11)17-16(19)18-9-10-20-15(18)14-8-5-12(2)21-14/h3-8,15H,9-10H2,1-2H3,(H,17,19)/t15-/m0/s1. The number of carbonyl (C=O) groups is 1. The highest BCUT2D eigenvalue weighted by atomic mass is 32.2. The van der Waals surface area contributed by atoms with Gasteiger partial charge in [0.15, 0.2) is 0 Å². The van der Waals surface area contributed by atoms with Crippen LogP contribution < -0.4 is 5.32 Å². The number of nitrogens with zero attached hydrogens (tertiary/aromatic N) is 1. The second-order valence-electron chi connectivity index (χ2n) is 5.16. The number of thioether (sulfide) groups is 1. The van der Waals surface area contributed by atoms with Gasteiger partial charge in [0, 0.05) is 27.7 Å². The molecule has 2 heterocycles. The van der Waals surface area contributed by atoms with Crippen molar-refractivity contribution in [2.45, 2.75) is 19.2 Å². The lowest BCUT2D eigenvalue weighted by Gasteiger charge is -2.23. The van der Waals surface area contributed by atoms with Gasteiger partial charge < -0.3 is 10.2 Å². The summed E-state index contributed by atoms with van der Waals surface area (Å²) in [5.74, 6) is 0.989. The Morgan fingerprint density at radius 3 is 2.62 bits per heavy atom. The van der Waals surface area contributed by atoms with Crippen LogP contribution in [-0.4, -0.2) is 23.2 Å². The smallest absolute Gasteiger partial charge is 0.308 e. The number of amides is 2. The van der Waals surface area contributed by atoms with Crippen molar-refractivity contribution >= 4 is 34.8 Å². The van der Waals surface area contributed by atoms with Gasteiger partial charge in [-0.2, -0.15) is 0 Å². The Morgan fingerprint density at radius 2 is 1.95 bits per heavy atom. The molecule has 5 heteroatoms. The Bertz CT molecular complexity index is 636. The van der Waals surface area contributed by atoms with Gasteiger partial charge in [0.2, 0.25) is 0 Å². The maximum Gasteiger partial charge on any atom is 0.323 e. The number of anilines is 1. The van der Waals surface area contributed by atoms with E-state index >= 15 is 0 Å². The van der Waals surface area contributed by atoms with E-state index < -0.39 is 0 Å². The van der Waals surface area contributed by atoms with E-state index in [1.807, 2.05) is 47.9 Å². The first-order chi connectivity index (χ1) is 10.1. The lowest BCUT2D eigenvalue weighted by Crippen LogP contribution is -2.34. The van der Waals surface area contributed by atoms with E-state index in [1.54, 1.807) is 11.3 Å². The molecule has 0 bridgehead atoms. The van der Waals surface area contributed by atoms with Crippen LogP contribution in [0.1, 0.15) is 20.7 Å². The van der Waals surface area contributed by atoms with E-state index in [-0.39, 0.29) is 11.4 Å². The second-order valence-corrected chi connectivity index (χ2v) is 7.67. The number of aryl methyl sites for hydroxylation is 2. The van der Waals surface area contributed by atoms with Crippen molar-refractivity contribution in [2.24, 2.45) is 0 Å². The molecule has 0 unspecified atom stereocenters. The van der Waals surface area contributed by atoms with Crippen LogP contribution in [0.3, 0.4) is 0 Å². The van der Waals surface area contributed by atoms with E-state index in [4.69, 9.17) is 0 Å². The van der Waals surface area contributed by atoms with Crippen LogP contribution in [0.25, 0.3) is 0 Å². The monoisotopic (exact) mass is 318 g/mol. The fourth-order valence-corrected chi connectivity index (χ4v) is 4.70. The van der Waals surface area contributed by atoms with Crippen molar-refractivity contribution in [1.82, 2.24) is 4.90 Å². The minimum absolute atomic E-state index is 0.0140. The normalized spacial score (nSPS) is 18.0. The molecule has 1 N–H and O–H groups in total. The summed E-state index contributed by atoms with van der Waals surface area (Å²) in [4.78, 5) is 17.0. The molecule has 1 fully saturated rings. The first-order valence-corrected chi connectivity index (χ1v) is 8.82. The average molecular weight is 318 g/mol. The van der Waals surface area contributed by atoms with Crippen molar-refractivity contribution in [2.75, 3.05) is 17.6 Å². The van der Waals surface area contributed by atoms with Crippen LogP contribution in [0.2, 0.25) is 0 Å². The number of benzene rings is 1. The van der Waals surface area contributed by atoms with Crippen LogP contribution in [0, 0.1) is 13.8 Å². The molecule has 1 aliphatic rings. The van der Waals surface area contributed by atoms with Gasteiger partial charge in [-0.3, -0.25) is 0 Å². The first-order valence-electron chi connectivity index (χ1n) is 6.96. The number of thiophene rings is 1. The SMILES string of the molecule is Cc1ccc(NC(=O)N2CCS[C@H]2c2ccc(C)s2)cc1. The zero-order valence-corrected chi connectivity index (χ0v) is 13.8. The van der Waals surface area contributed by atoms with Gasteiger partial charge in [0.25, 0.3) is 0 Å². The summed E-state index contributed by atoms with van der Waals surface area (Å²) in [7, 11) is 0. The molecule has 3 nitrogen and oxygen atoms in total. The number of urea groups is 1. The van der Waals surface area contributed by atoms with Crippen LogP contribution in [-0.2, 0) is 0 Å². The molecule has 21 heavy (non-hydrogen) atoms. The summed E-state index contributed by atoms with van der Waals surface area (Å²) in [5.41, 5.74) is 2.04. The van der Waals surface area contributed by atoms with Gasteiger partial charge in [0.05, 0.1) is 0 Å². The predicted molar refractivity (Wildman–Crippen MR) is 91.2 cm³/mol. The molecular formula is C16H18N2OS2. The summed E-state index contributed by atoms with van der Waals surface area (Å²) < 4.78 is 0. The number of hydrogen-bond donors (Lipinski definition) is 1.